The fourth-order valence-electron chi connectivity index (χ4n) is 0.483. The topological polar surface area (TPSA) is 63.6 Å². The van der Waals surface area contributed by atoms with E-state index in [-0.39, 0.29) is 5.57 Å². The highest BCUT2D eigenvalue weighted by Gasteiger charge is 2.03. The molecule has 12 heavy (non-hydrogen) atoms. The van der Waals surface area contributed by atoms with Gasteiger partial charge in [0.1, 0.15) is 0 Å². The highest BCUT2D eigenvalue weighted by molar-refractivity contribution is 5.94. The zero-order chi connectivity index (χ0) is 9.56. The number of carbonyl (C=O) groups is 2. The number of hydrogen-bond acceptors (Lipinski definition) is 3. The maximum absolute atomic E-state index is 10.8. The lowest BCUT2D eigenvalue weighted by molar-refractivity contribution is -0.139. The summed E-state index contributed by atoms with van der Waals surface area (Å²) in [5.41, 5.74) is -0.0175. The Labute approximate surface area is 70.8 Å². The Kier molecular flexibility index (Phi) is 4.76. The molecule has 0 fully saturated rings. The molecule has 0 aromatic carbocycles. The smallest absolute Gasteiger partial charge is 0.331 e. The molecule has 4 heteroatoms. The van der Waals surface area contributed by atoms with Crippen molar-refractivity contribution in [3.05, 3.63) is 11.6 Å². The van der Waals surface area contributed by atoms with Crippen LogP contribution in [0.4, 0.5) is 0 Å². The standard InChI is InChI=1S/C8H12O4/c1-3-4-12-7(9)5-6(2)8(10)11/h5H,3-4H2,1-2H3,(H,10,11)/b6-5+. The molecule has 0 saturated carbocycles. The number of carbonyl (C=O) groups excluding carboxylic acids is 1. The van der Waals surface area contributed by atoms with Gasteiger partial charge in [-0.2, -0.15) is 0 Å². The number of ether oxygens (including phenoxy) is 1. The van der Waals surface area contributed by atoms with Gasteiger partial charge < -0.3 is 9.84 Å². The summed E-state index contributed by atoms with van der Waals surface area (Å²) in [5.74, 6) is -1.71. The first kappa shape index (κ1) is 10.7. The predicted molar refractivity (Wildman–Crippen MR) is 42.6 cm³/mol. The van der Waals surface area contributed by atoms with Crippen molar-refractivity contribution in [1.29, 1.82) is 0 Å². The summed E-state index contributed by atoms with van der Waals surface area (Å²) in [7, 11) is 0. The van der Waals surface area contributed by atoms with E-state index in [0.717, 1.165) is 12.5 Å². The van der Waals surface area contributed by atoms with E-state index in [1.54, 1.807) is 0 Å². The molecule has 1 N–H and O–H groups in total. The van der Waals surface area contributed by atoms with Crippen molar-refractivity contribution in [3.63, 3.8) is 0 Å². The van der Waals surface area contributed by atoms with Gasteiger partial charge in [0, 0.05) is 11.6 Å². The van der Waals surface area contributed by atoms with Gasteiger partial charge in [-0.1, -0.05) is 6.92 Å². The largest absolute Gasteiger partial charge is 0.478 e. The van der Waals surface area contributed by atoms with Crippen LogP contribution in [0, 0.1) is 0 Å². The first-order valence-corrected chi connectivity index (χ1v) is 3.66. The van der Waals surface area contributed by atoms with Crippen LogP contribution in [-0.2, 0) is 14.3 Å². The van der Waals surface area contributed by atoms with E-state index in [1.165, 1.54) is 6.92 Å². The molecule has 0 aliphatic rings. The Bertz CT molecular complexity index is 205. The Balaban J connectivity index is 3.97. The molecular formula is C8H12O4. The highest BCUT2D eigenvalue weighted by Crippen LogP contribution is 1.93. The lowest BCUT2D eigenvalue weighted by Gasteiger charge is -1.97. The van der Waals surface area contributed by atoms with Crippen molar-refractivity contribution in [2.75, 3.05) is 6.61 Å². The Hall–Kier alpha value is -1.32. The van der Waals surface area contributed by atoms with Crippen molar-refractivity contribution in [3.8, 4) is 0 Å². The quantitative estimate of drug-likeness (QED) is 0.507. The molecule has 68 valence electrons. The molecule has 0 heterocycles. The molecular weight excluding hydrogens is 160 g/mol. The third-order valence-electron chi connectivity index (χ3n) is 1.12. The van der Waals surface area contributed by atoms with E-state index in [2.05, 4.69) is 4.74 Å². The van der Waals surface area contributed by atoms with Gasteiger partial charge in [0.15, 0.2) is 0 Å². The normalized spacial score (nSPS) is 11.0. The maximum atomic E-state index is 10.8. The fraction of sp³-hybridized carbons (Fsp3) is 0.500. The van der Waals surface area contributed by atoms with Gasteiger partial charge in [-0.3, -0.25) is 0 Å². The zero-order valence-electron chi connectivity index (χ0n) is 7.16. The van der Waals surface area contributed by atoms with Crippen LogP contribution < -0.4 is 0 Å². The summed E-state index contributed by atoms with van der Waals surface area (Å²) in [6, 6.07) is 0. The number of esters is 1. The summed E-state index contributed by atoms with van der Waals surface area (Å²) in [6.07, 6.45) is 1.70. The maximum Gasteiger partial charge on any atom is 0.331 e. The van der Waals surface area contributed by atoms with E-state index < -0.39 is 11.9 Å². The van der Waals surface area contributed by atoms with Crippen molar-refractivity contribution in [1.82, 2.24) is 0 Å². The van der Waals surface area contributed by atoms with Crippen LogP contribution in [0.25, 0.3) is 0 Å². The van der Waals surface area contributed by atoms with Crippen molar-refractivity contribution >= 4 is 11.9 Å². The summed E-state index contributed by atoms with van der Waals surface area (Å²) < 4.78 is 4.63. The molecule has 0 saturated heterocycles. The zero-order valence-corrected chi connectivity index (χ0v) is 7.16. The van der Waals surface area contributed by atoms with Crippen LogP contribution in [0.2, 0.25) is 0 Å². The monoisotopic (exact) mass is 172 g/mol. The summed E-state index contributed by atoms with van der Waals surface area (Å²) in [4.78, 5) is 21.0. The second-order valence-electron chi connectivity index (χ2n) is 2.30. The summed E-state index contributed by atoms with van der Waals surface area (Å²) >= 11 is 0. The molecule has 0 aromatic heterocycles. The van der Waals surface area contributed by atoms with E-state index in [4.69, 9.17) is 5.11 Å². The number of rotatable bonds is 4. The molecule has 0 aliphatic heterocycles. The van der Waals surface area contributed by atoms with Gasteiger partial charge in [0.05, 0.1) is 6.61 Å². The van der Waals surface area contributed by atoms with Crippen LogP contribution in [-0.4, -0.2) is 23.7 Å². The van der Waals surface area contributed by atoms with Crippen LogP contribution in [0.1, 0.15) is 20.3 Å². The molecule has 0 atom stereocenters. The van der Waals surface area contributed by atoms with Gasteiger partial charge in [-0.15, -0.1) is 0 Å². The van der Waals surface area contributed by atoms with Crippen LogP contribution in [0.3, 0.4) is 0 Å². The average Bonchev–Trinajstić information content (AvgIpc) is 2.00. The van der Waals surface area contributed by atoms with Gasteiger partial charge in [0.25, 0.3) is 0 Å². The first-order valence-electron chi connectivity index (χ1n) is 3.66. The molecule has 0 rings (SSSR count). The minimum Gasteiger partial charge on any atom is -0.478 e. The second-order valence-corrected chi connectivity index (χ2v) is 2.30. The summed E-state index contributed by atoms with van der Waals surface area (Å²) in [6.45, 7) is 3.53. The van der Waals surface area contributed by atoms with Gasteiger partial charge in [0.2, 0.25) is 0 Å². The SMILES string of the molecule is CCCOC(=O)/C=C(\C)C(=O)O. The van der Waals surface area contributed by atoms with Crippen LogP contribution >= 0.6 is 0 Å². The third-order valence-corrected chi connectivity index (χ3v) is 1.12. The highest BCUT2D eigenvalue weighted by atomic mass is 16.5. The Morgan fingerprint density at radius 3 is 2.50 bits per heavy atom. The van der Waals surface area contributed by atoms with E-state index >= 15 is 0 Å². The van der Waals surface area contributed by atoms with Crippen LogP contribution in [0.15, 0.2) is 11.6 Å². The molecule has 0 amide bonds. The molecule has 0 bridgehead atoms. The molecule has 0 spiro atoms. The van der Waals surface area contributed by atoms with E-state index in [1.807, 2.05) is 6.92 Å². The lowest BCUT2D eigenvalue weighted by Crippen LogP contribution is -2.05. The molecule has 4 nitrogen and oxygen atoms in total. The number of aliphatic carboxylic acids is 1. The molecule has 0 aromatic rings. The third kappa shape index (κ3) is 4.49. The minimum atomic E-state index is -1.11. The van der Waals surface area contributed by atoms with E-state index in [9.17, 15) is 9.59 Å². The van der Waals surface area contributed by atoms with Gasteiger partial charge >= 0.3 is 11.9 Å². The minimum absolute atomic E-state index is 0.0175. The summed E-state index contributed by atoms with van der Waals surface area (Å²) in [5, 5.41) is 8.38. The predicted octanol–water partition coefficient (Wildman–Crippen LogP) is 0.970. The molecule has 0 aliphatic carbocycles. The lowest BCUT2D eigenvalue weighted by atomic mass is 10.3. The van der Waals surface area contributed by atoms with Crippen molar-refractivity contribution in [2.24, 2.45) is 0 Å². The average molecular weight is 172 g/mol. The second kappa shape index (κ2) is 5.35. The van der Waals surface area contributed by atoms with Crippen molar-refractivity contribution in [2.45, 2.75) is 20.3 Å². The molecule has 0 unspecified atom stereocenters. The first-order chi connectivity index (χ1) is 5.57. The van der Waals surface area contributed by atoms with Gasteiger partial charge in [-0.25, -0.2) is 9.59 Å². The fourth-order valence-corrected chi connectivity index (χ4v) is 0.483. The Morgan fingerprint density at radius 1 is 1.50 bits per heavy atom. The van der Waals surface area contributed by atoms with E-state index in [0.29, 0.717) is 6.61 Å². The van der Waals surface area contributed by atoms with Crippen molar-refractivity contribution < 1.29 is 19.4 Å². The van der Waals surface area contributed by atoms with Gasteiger partial charge in [-0.05, 0) is 13.3 Å². The van der Waals surface area contributed by atoms with Crippen LogP contribution in [0.5, 0.6) is 0 Å². The number of carboxylic acid groups (broad SMARTS) is 1. The Morgan fingerprint density at radius 2 is 2.08 bits per heavy atom. The number of hydrogen-bond donors (Lipinski definition) is 1. The number of carboxylic acids is 1. The molecule has 0 radical (unpaired) electrons.